The molecule has 0 radical (unpaired) electrons. The van der Waals surface area contributed by atoms with E-state index in [2.05, 4.69) is 12.6 Å². The van der Waals surface area contributed by atoms with Crippen LogP contribution < -0.4 is 0 Å². The zero-order chi connectivity index (χ0) is 8.57. The van der Waals surface area contributed by atoms with E-state index < -0.39 is 5.97 Å². The number of hydrogen-bond acceptors (Lipinski definition) is 3. The fourth-order valence-electron chi connectivity index (χ4n) is 0.0781. The largest absolute Gasteiger partial charge is 0.481 e. The lowest BCUT2D eigenvalue weighted by molar-refractivity contribution is -0.140. The Morgan fingerprint density at radius 1 is 1.80 bits per heavy atom. The molecule has 0 saturated heterocycles. The summed E-state index contributed by atoms with van der Waals surface area (Å²) in [5.74, 6) is -0.687. The number of carbonyl (C=O) groups excluding carboxylic acids is 1. The fraction of sp³-hybridized carbons (Fsp3) is 0.667. The normalized spacial score (nSPS) is 10.7. The summed E-state index contributed by atoms with van der Waals surface area (Å²) in [6.45, 7) is 3.06. The molecule has 4 heteroatoms. The molecule has 1 atom stereocenters. The van der Waals surface area contributed by atoms with E-state index in [1.54, 1.807) is 6.92 Å². The van der Waals surface area contributed by atoms with Crippen molar-refractivity contribution < 1.29 is 14.7 Å². The van der Waals surface area contributed by atoms with Crippen molar-refractivity contribution in [2.45, 2.75) is 13.8 Å². The van der Waals surface area contributed by atoms with Crippen molar-refractivity contribution >= 4 is 24.9 Å². The zero-order valence-electron chi connectivity index (χ0n) is 6.07. The Kier molecular flexibility index (Phi) is 10.4. The van der Waals surface area contributed by atoms with Gasteiger partial charge in [-0.2, -0.15) is 12.6 Å². The SMILES string of the molecule is CC(CS)C(=O)O.CC=O. The number of rotatable bonds is 2. The predicted molar refractivity (Wildman–Crippen MR) is 42.4 cm³/mol. The lowest BCUT2D eigenvalue weighted by Crippen LogP contribution is -2.09. The number of carbonyl (C=O) groups is 2. The van der Waals surface area contributed by atoms with E-state index in [1.807, 2.05) is 0 Å². The molecule has 0 saturated carbocycles. The Balaban J connectivity index is 0. The lowest BCUT2D eigenvalue weighted by atomic mass is 10.2. The first-order valence-corrected chi connectivity index (χ1v) is 3.46. The van der Waals surface area contributed by atoms with E-state index in [9.17, 15) is 4.79 Å². The second kappa shape index (κ2) is 8.49. The van der Waals surface area contributed by atoms with E-state index in [0.29, 0.717) is 5.75 Å². The van der Waals surface area contributed by atoms with Gasteiger partial charge in [0.05, 0.1) is 5.92 Å². The van der Waals surface area contributed by atoms with Crippen molar-refractivity contribution in [3.8, 4) is 0 Å². The van der Waals surface area contributed by atoms with Gasteiger partial charge in [-0.1, -0.05) is 6.92 Å². The van der Waals surface area contributed by atoms with Crippen LogP contribution in [0, 0.1) is 5.92 Å². The number of thiol groups is 1. The first kappa shape index (κ1) is 12.2. The van der Waals surface area contributed by atoms with Crippen LogP contribution in [-0.2, 0) is 9.59 Å². The van der Waals surface area contributed by atoms with Gasteiger partial charge in [-0.3, -0.25) is 4.79 Å². The Labute approximate surface area is 65.8 Å². The molecule has 1 unspecified atom stereocenters. The molecule has 1 N–H and O–H groups in total. The topological polar surface area (TPSA) is 54.4 Å². The Bertz CT molecular complexity index is 103. The molecule has 0 aliphatic carbocycles. The fourth-order valence-corrected chi connectivity index (χ4v) is 0.234. The number of carboxylic acids is 1. The van der Waals surface area contributed by atoms with Gasteiger partial charge >= 0.3 is 5.97 Å². The van der Waals surface area contributed by atoms with E-state index in [1.165, 1.54) is 6.92 Å². The second-order valence-corrected chi connectivity index (χ2v) is 2.02. The first-order valence-electron chi connectivity index (χ1n) is 2.83. The molecule has 0 fully saturated rings. The maximum atomic E-state index is 9.88. The smallest absolute Gasteiger partial charge is 0.307 e. The van der Waals surface area contributed by atoms with Crippen LogP contribution in [0.3, 0.4) is 0 Å². The van der Waals surface area contributed by atoms with E-state index >= 15 is 0 Å². The zero-order valence-corrected chi connectivity index (χ0v) is 6.97. The third kappa shape index (κ3) is 10.5. The molecule has 0 aromatic rings. The average Bonchev–Trinajstić information content (AvgIpc) is 1.88. The monoisotopic (exact) mass is 164 g/mol. The third-order valence-electron chi connectivity index (χ3n) is 0.695. The molecule has 10 heavy (non-hydrogen) atoms. The quantitative estimate of drug-likeness (QED) is 0.469. The van der Waals surface area contributed by atoms with E-state index in [4.69, 9.17) is 9.90 Å². The maximum absolute atomic E-state index is 9.88. The molecule has 0 rings (SSSR count). The molecule has 3 nitrogen and oxygen atoms in total. The summed E-state index contributed by atoms with van der Waals surface area (Å²) in [6.07, 6.45) is 0.750. The van der Waals surface area contributed by atoms with Crippen LogP contribution in [-0.4, -0.2) is 23.1 Å². The van der Waals surface area contributed by atoms with Crippen LogP contribution in [0.25, 0.3) is 0 Å². The summed E-state index contributed by atoms with van der Waals surface area (Å²) >= 11 is 3.77. The highest BCUT2D eigenvalue weighted by Gasteiger charge is 2.05. The molecular weight excluding hydrogens is 152 g/mol. The standard InChI is InChI=1S/C4H8O2S.C2H4O/c1-3(2-7)4(5)6;1-2-3/h3,7H,2H2,1H3,(H,5,6);2H,1H3. The van der Waals surface area contributed by atoms with Crippen LogP contribution in [0.2, 0.25) is 0 Å². The van der Waals surface area contributed by atoms with E-state index in [-0.39, 0.29) is 5.92 Å². The lowest BCUT2D eigenvalue weighted by Gasteiger charge is -1.95. The van der Waals surface area contributed by atoms with E-state index in [0.717, 1.165) is 6.29 Å². The van der Waals surface area contributed by atoms with Crippen LogP contribution >= 0.6 is 12.6 Å². The van der Waals surface area contributed by atoms with Crippen LogP contribution in [0.5, 0.6) is 0 Å². The van der Waals surface area contributed by atoms with Crippen LogP contribution in [0.1, 0.15) is 13.8 Å². The van der Waals surface area contributed by atoms with Crippen molar-refractivity contribution in [3.05, 3.63) is 0 Å². The predicted octanol–water partition coefficient (Wildman–Crippen LogP) is 0.842. The van der Waals surface area contributed by atoms with Gasteiger partial charge < -0.3 is 9.90 Å². The van der Waals surface area contributed by atoms with Gasteiger partial charge in [0.2, 0.25) is 0 Å². The van der Waals surface area contributed by atoms with Gasteiger partial charge in [-0.05, 0) is 6.92 Å². The molecule has 0 aromatic heterocycles. The molecule has 0 amide bonds. The van der Waals surface area contributed by atoms with Crippen molar-refractivity contribution in [3.63, 3.8) is 0 Å². The molecule has 0 aromatic carbocycles. The molecule has 0 aliphatic heterocycles. The Hall–Kier alpha value is -0.510. The van der Waals surface area contributed by atoms with Crippen molar-refractivity contribution in [1.82, 2.24) is 0 Å². The summed E-state index contributed by atoms with van der Waals surface area (Å²) in [5, 5.41) is 8.13. The highest BCUT2D eigenvalue weighted by Crippen LogP contribution is 1.94. The molecule has 0 aliphatic rings. The first-order chi connectivity index (χ1) is 4.59. The third-order valence-corrected chi connectivity index (χ3v) is 1.24. The van der Waals surface area contributed by atoms with Gasteiger partial charge in [0.1, 0.15) is 6.29 Å². The van der Waals surface area contributed by atoms with Gasteiger partial charge in [-0.15, -0.1) is 0 Å². The summed E-state index contributed by atoms with van der Waals surface area (Å²) in [5.41, 5.74) is 0. The Morgan fingerprint density at radius 3 is 2.10 bits per heavy atom. The minimum absolute atomic E-state index is 0.316. The number of aldehydes is 1. The number of hydrogen-bond donors (Lipinski definition) is 2. The van der Waals surface area contributed by atoms with Crippen LogP contribution in [0.15, 0.2) is 0 Å². The van der Waals surface area contributed by atoms with Crippen molar-refractivity contribution in [2.75, 3.05) is 5.75 Å². The summed E-state index contributed by atoms with van der Waals surface area (Å²) in [6, 6.07) is 0. The second-order valence-electron chi connectivity index (χ2n) is 1.66. The molecule has 0 bridgehead atoms. The van der Waals surface area contributed by atoms with Crippen molar-refractivity contribution in [2.24, 2.45) is 5.92 Å². The molecule has 60 valence electrons. The molecule has 0 heterocycles. The minimum Gasteiger partial charge on any atom is -0.481 e. The summed E-state index contributed by atoms with van der Waals surface area (Å²) < 4.78 is 0. The number of carboxylic acid groups (broad SMARTS) is 1. The minimum atomic E-state index is -0.782. The highest BCUT2D eigenvalue weighted by molar-refractivity contribution is 7.80. The van der Waals surface area contributed by atoms with Gasteiger partial charge in [-0.25, -0.2) is 0 Å². The van der Waals surface area contributed by atoms with Crippen molar-refractivity contribution in [1.29, 1.82) is 0 Å². The molecular formula is C6H12O3S. The summed E-state index contributed by atoms with van der Waals surface area (Å²) in [7, 11) is 0. The highest BCUT2D eigenvalue weighted by atomic mass is 32.1. The average molecular weight is 164 g/mol. The van der Waals surface area contributed by atoms with Gasteiger partial charge in [0.15, 0.2) is 0 Å². The maximum Gasteiger partial charge on any atom is 0.307 e. The van der Waals surface area contributed by atoms with Gasteiger partial charge in [0, 0.05) is 5.75 Å². The van der Waals surface area contributed by atoms with Gasteiger partial charge in [0.25, 0.3) is 0 Å². The molecule has 0 spiro atoms. The van der Waals surface area contributed by atoms with Crippen LogP contribution in [0.4, 0.5) is 0 Å². The summed E-state index contributed by atoms with van der Waals surface area (Å²) in [4.78, 5) is 18.7. The number of aliphatic carboxylic acids is 1. The Morgan fingerprint density at radius 2 is 2.10 bits per heavy atom.